The molecule has 7 heteroatoms. The van der Waals surface area contributed by atoms with Crippen LogP contribution in [0.1, 0.15) is 0 Å². The second-order valence-electron chi connectivity index (χ2n) is 2.55. The van der Waals surface area contributed by atoms with Crippen molar-refractivity contribution in [3.8, 4) is 0 Å². The fourth-order valence-electron chi connectivity index (χ4n) is 0.835. The van der Waals surface area contributed by atoms with Crippen LogP contribution in [0.15, 0.2) is 18.2 Å². The molecule has 4 N–H and O–H groups in total. The van der Waals surface area contributed by atoms with Gasteiger partial charge >= 0.3 is 11.8 Å². The molecule has 1 aromatic carbocycles. The van der Waals surface area contributed by atoms with Gasteiger partial charge < -0.3 is 5.32 Å². The summed E-state index contributed by atoms with van der Waals surface area (Å²) < 4.78 is 0.930. The van der Waals surface area contributed by atoms with Gasteiger partial charge in [0.2, 0.25) is 0 Å². The third-order valence-electron chi connectivity index (χ3n) is 1.52. The van der Waals surface area contributed by atoms with Crippen LogP contribution in [0.2, 0.25) is 5.02 Å². The topological polar surface area (TPSA) is 84.2 Å². The van der Waals surface area contributed by atoms with Crippen molar-refractivity contribution in [2.45, 2.75) is 0 Å². The number of hydrazine groups is 1. The van der Waals surface area contributed by atoms with E-state index >= 15 is 0 Å². The number of carbonyl (C=O) groups is 2. The maximum Gasteiger partial charge on any atom is 0.323 e. The highest BCUT2D eigenvalue weighted by Gasteiger charge is 2.13. The minimum absolute atomic E-state index is 0.361. The molecule has 0 spiro atoms. The first kappa shape index (κ1) is 12.2. The number of anilines is 1. The summed E-state index contributed by atoms with van der Waals surface area (Å²) in [5.41, 5.74) is 2.09. The Kier molecular flexibility index (Phi) is 4.30. The lowest BCUT2D eigenvalue weighted by molar-refractivity contribution is -0.136. The Morgan fingerprint density at radius 1 is 1.33 bits per heavy atom. The zero-order valence-corrected chi connectivity index (χ0v) is 10.3. The van der Waals surface area contributed by atoms with Crippen molar-refractivity contribution in [1.82, 2.24) is 5.43 Å². The Morgan fingerprint density at radius 2 is 2.00 bits per heavy atom. The first-order valence-electron chi connectivity index (χ1n) is 3.81. The van der Waals surface area contributed by atoms with Gasteiger partial charge in [-0.15, -0.1) is 0 Å². The van der Waals surface area contributed by atoms with E-state index in [4.69, 9.17) is 17.4 Å². The molecule has 1 rings (SSSR count). The molecule has 0 aromatic heterocycles. The van der Waals surface area contributed by atoms with Crippen LogP contribution in [-0.4, -0.2) is 11.8 Å². The Labute approximate surface area is 104 Å². The van der Waals surface area contributed by atoms with Crippen LogP contribution in [0.25, 0.3) is 0 Å². The number of benzene rings is 1. The van der Waals surface area contributed by atoms with Crippen molar-refractivity contribution in [3.05, 3.63) is 26.8 Å². The lowest BCUT2D eigenvalue weighted by Gasteiger charge is -2.05. The van der Waals surface area contributed by atoms with Crippen LogP contribution >= 0.6 is 34.2 Å². The summed E-state index contributed by atoms with van der Waals surface area (Å²) in [5.74, 6) is 3.01. The molecular weight excluding hydrogens is 332 g/mol. The number of hydrogen-bond donors (Lipinski definition) is 3. The van der Waals surface area contributed by atoms with Gasteiger partial charge in [-0.25, -0.2) is 5.84 Å². The summed E-state index contributed by atoms with van der Waals surface area (Å²) in [6.07, 6.45) is 0. The van der Waals surface area contributed by atoms with E-state index in [9.17, 15) is 9.59 Å². The van der Waals surface area contributed by atoms with Gasteiger partial charge in [0.05, 0.1) is 10.7 Å². The van der Waals surface area contributed by atoms with Gasteiger partial charge in [0.15, 0.2) is 0 Å². The number of carbonyl (C=O) groups excluding carboxylic acids is 2. The predicted molar refractivity (Wildman–Crippen MR) is 65.1 cm³/mol. The van der Waals surface area contributed by atoms with Crippen LogP contribution in [0, 0.1) is 3.57 Å². The fourth-order valence-corrected chi connectivity index (χ4v) is 1.74. The third kappa shape index (κ3) is 3.33. The van der Waals surface area contributed by atoms with E-state index in [0.717, 1.165) is 3.57 Å². The van der Waals surface area contributed by atoms with Gasteiger partial charge in [0.1, 0.15) is 0 Å². The molecule has 0 radical (unpaired) electrons. The average Bonchev–Trinajstić information content (AvgIpc) is 2.20. The summed E-state index contributed by atoms with van der Waals surface area (Å²) in [7, 11) is 0. The molecule has 0 aliphatic rings. The Bertz CT molecular complexity index is 411. The standard InChI is InChI=1S/C8H7ClIN3O2/c9-5-3-4(10)1-2-6(5)12-7(14)8(15)13-11/h1-3H,11H2,(H,12,14)(H,13,15). The Morgan fingerprint density at radius 3 is 2.53 bits per heavy atom. The summed E-state index contributed by atoms with van der Waals surface area (Å²) in [6, 6.07) is 5.02. The fraction of sp³-hybridized carbons (Fsp3) is 0. The molecule has 0 bridgehead atoms. The molecule has 0 fully saturated rings. The zero-order valence-electron chi connectivity index (χ0n) is 7.38. The number of halogens is 2. The van der Waals surface area contributed by atoms with Crippen molar-refractivity contribution in [1.29, 1.82) is 0 Å². The van der Waals surface area contributed by atoms with E-state index in [2.05, 4.69) is 27.9 Å². The summed E-state index contributed by atoms with van der Waals surface area (Å²) in [5, 5.41) is 2.68. The predicted octanol–water partition coefficient (Wildman–Crippen LogP) is 0.873. The molecule has 0 atom stereocenters. The van der Waals surface area contributed by atoms with Crippen LogP contribution in [-0.2, 0) is 9.59 Å². The molecule has 2 amide bonds. The first-order chi connectivity index (χ1) is 7.04. The van der Waals surface area contributed by atoms with Crippen molar-refractivity contribution in [2.75, 3.05) is 5.32 Å². The van der Waals surface area contributed by atoms with E-state index in [-0.39, 0.29) is 0 Å². The van der Waals surface area contributed by atoms with Gasteiger partial charge in [0, 0.05) is 3.57 Å². The molecule has 1 aromatic rings. The minimum Gasteiger partial charge on any atom is -0.316 e. The first-order valence-corrected chi connectivity index (χ1v) is 5.27. The minimum atomic E-state index is -0.926. The number of amides is 2. The highest BCUT2D eigenvalue weighted by Crippen LogP contribution is 2.23. The lowest BCUT2D eigenvalue weighted by atomic mass is 10.3. The molecular formula is C8H7ClIN3O2. The average molecular weight is 340 g/mol. The van der Waals surface area contributed by atoms with Crippen molar-refractivity contribution >= 4 is 51.7 Å². The maximum atomic E-state index is 11.1. The Hall–Kier alpha value is -0.860. The van der Waals surface area contributed by atoms with Crippen molar-refractivity contribution in [2.24, 2.45) is 5.84 Å². The second-order valence-corrected chi connectivity index (χ2v) is 4.20. The van der Waals surface area contributed by atoms with Gasteiger partial charge in [-0.2, -0.15) is 0 Å². The summed E-state index contributed by atoms with van der Waals surface area (Å²) in [6.45, 7) is 0. The molecule has 80 valence electrons. The highest BCUT2D eigenvalue weighted by molar-refractivity contribution is 14.1. The monoisotopic (exact) mass is 339 g/mol. The number of nitrogens with one attached hydrogen (secondary N) is 2. The number of nitrogens with two attached hydrogens (primary N) is 1. The smallest absolute Gasteiger partial charge is 0.316 e. The summed E-state index contributed by atoms with van der Waals surface area (Å²) >= 11 is 7.92. The van der Waals surface area contributed by atoms with Crippen LogP contribution in [0.5, 0.6) is 0 Å². The second kappa shape index (κ2) is 5.29. The third-order valence-corrected chi connectivity index (χ3v) is 2.50. The molecule has 0 saturated carbocycles. The quantitative estimate of drug-likeness (QED) is 0.233. The highest BCUT2D eigenvalue weighted by atomic mass is 127. The molecule has 0 aliphatic carbocycles. The molecule has 15 heavy (non-hydrogen) atoms. The Balaban J connectivity index is 2.81. The zero-order chi connectivity index (χ0) is 11.4. The van der Waals surface area contributed by atoms with Gasteiger partial charge in [-0.3, -0.25) is 15.0 Å². The van der Waals surface area contributed by atoms with Crippen molar-refractivity contribution < 1.29 is 9.59 Å². The molecule has 0 unspecified atom stereocenters. The van der Waals surface area contributed by atoms with E-state index in [1.165, 1.54) is 0 Å². The largest absolute Gasteiger partial charge is 0.323 e. The van der Waals surface area contributed by atoms with Gasteiger partial charge in [-0.1, -0.05) is 11.6 Å². The van der Waals surface area contributed by atoms with Crippen LogP contribution in [0.4, 0.5) is 5.69 Å². The molecule has 0 saturated heterocycles. The molecule has 0 aliphatic heterocycles. The van der Waals surface area contributed by atoms with E-state index in [1.807, 2.05) is 0 Å². The lowest BCUT2D eigenvalue weighted by Crippen LogP contribution is -2.39. The van der Waals surface area contributed by atoms with E-state index < -0.39 is 11.8 Å². The van der Waals surface area contributed by atoms with Crippen LogP contribution in [0.3, 0.4) is 0 Å². The van der Waals surface area contributed by atoms with E-state index in [0.29, 0.717) is 10.7 Å². The number of rotatable bonds is 1. The van der Waals surface area contributed by atoms with Crippen molar-refractivity contribution in [3.63, 3.8) is 0 Å². The normalized spacial score (nSPS) is 9.53. The molecule has 5 nitrogen and oxygen atoms in total. The van der Waals surface area contributed by atoms with E-state index in [1.54, 1.807) is 23.6 Å². The maximum absolute atomic E-state index is 11.1. The SMILES string of the molecule is NNC(=O)C(=O)Nc1ccc(I)cc1Cl. The van der Waals surface area contributed by atoms with Crippen LogP contribution < -0.4 is 16.6 Å². The number of hydrogen-bond acceptors (Lipinski definition) is 3. The summed E-state index contributed by atoms with van der Waals surface area (Å²) in [4.78, 5) is 21.9. The van der Waals surface area contributed by atoms with Gasteiger partial charge in [-0.05, 0) is 40.8 Å². The van der Waals surface area contributed by atoms with Gasteiger partial charge in [0.25, 0.3) is 0 Å². The molecule has 0 heterocycles.